The molecule has 0 bridgehead atoms. The highest BCUT2D eigenvalue weighted by Gasteiger charge is 2.66. The number of hydrogen-bond acceptors (Lipinski definition) is 3. The first-order chi connectivity index (χ1) is 19.6. The average Bonchev–Trinajstić information content (AvgIpc) is 3.23. The molecule has 0 amide bonds. The Balaban J connectivity index is 1.73. The molecule has 43 heavy (non-hydrogen) atoms. The second-order valence-corrected chi connectivity index (χ2v) is 29.2. The SMILES string of the molecule is CC[C@H]1C(O[Si](C)(C)C(C)(C)C)C2C3CC[C@H]([C@H](C)CCCO)[C@@]3(C)CCC2[C@@]2(C)CCC(O[Si](C)(C)C(C)(C)C)C[C@@H]12. The summed E-state index contributed by atoms with van der Waals surface area (Å²) < 4.78 is 15.0. The van der Waals surface area contributed by atoms with Gasteiger partial charge in [0, 0.05) is 12.7 Å². The molecule has 3 nitrogen and oxygen atoms in total. The van der Waals surface area contributed by atoms with Crippen molar-refractivity contribution < 1.29 is 14.0 Å². The van der Waals surface area contributed by atoms with E-state index in [9.17, 15) is 5.11 Å². The third-order valence-electron chi connectivity index (χ3n) is 15.4. The molecule has 0 saturated heterocycles. The summed E-state index contributed by atoms with van der Waals surface area (Å²) in [4.78, 5) is 0. The predicted octanol–water partition coefficient (Wildman–Crippen LogP) is 11.1. The van der Waals surface area contributed by atoms with Gasteiger partial charge in [0.25, 0.3) is 0 Å². The molecular weight excluding hydrogens is 561 g/mol. The van der Waals surface area contributed by atoms with Crippen LogP contribution >= 0.6 is 0 Å². The summed E-state index contributed by atoms with van der Waals surface area (Å²) in [6, 6.07) is 0. The molecule has 0 heterocycles. The van der Waals surface area contributed by atoms with Crippen molar-refractivity contribution in [2.45, 2.75) is 182 Å². The lowest BCUT2D eigenvalue weighted by atomic mass is 9.41. The molecule has 0 aromatic carbocycles. The van der Waals surface area contributed by atoms with Crippen LogP contribution in [0.2, 0.25) is 36.3 Å². The number of rotatable bonds is 9. The van der Waals surface area contributed by atoms with Crippen LogP contribution in [0.15, 0.2) is 0 Å². The maximum Gasteiger partial charge on any atom is 0.192 e. The molecule has 0 aromatic rings. The van der Waals surface area contributed by atoms with Gasteiger partial charge in [0.2, 0.25) is 0 Å². The summed E-state index contributed by atoms with van der Waals surface area (Å²) in [6.07, 6.45) is 13.5. The zero-order chi connectivity index (χ0) is 32.4. The standard InChI is InChI=1S/C38H74O3Si2/c1-15-28-32-25-27(40-42(11,12)35(3,4)5)20-22-38(32,10)31-21-23-37(9)29(26(2)17-16-24-39)18-19-30(37)33(31)34(28)41-43(13,14)36(6,7)8/h26-34,39H,15-25H2,1-14H3/t26-,27?,28-,29-,30?,31?,32+,33?,34?,37-,38-/m1/s1. The Morgan fingerprint density at radius 3 is 1.91 bits per heavy atom. The van der Waals surface area contributed by atoms with E-state index in [4.69, 9.17) is 8.85 Å². The first kappa shape index (κ1) is 36.2. The van der Waals surface area contributed by atoms with E-state index in [1.54, 1.807) is 0 Å². The van der Waals surface area contributed by atoms with Gasteiger partial charge in [-0.05, 0) is 146 Å². The first-order valence-corrected chi connectivity index (χ1v) is 24.4. The summed E-state index contributed by atoms with van der Waals surface area (Å²) >= 11 is 0. The van der Waals surface area contributed by atoms with Crippen molar-refractivity contribution >= 4 is 16.6 Å². The van der Waals surface area contributed by atoms with Gasteiger partial charge in [-0.25, -0.2) is 0 Å². The van der Waals surface area contributed by atoms with Crippen molar-refractivity contribution in [3.8, 4) is 0 Å². The minimum atomic E-state index is -1.96. The third kappa shape index (κ3) is 6.44. The highest BCUT2D eigenvalue weighted by molar-refractivity contribution is 6.74. The highest BCUT2D eigenvalue weighted by Crippen LogP contribution is 2.70. The molecule has 5 unspecified atom stereocenters. The zero-order valence-electron chi connectivity index (χ0n) is 31.2. The van der Waals surface area contributed by atoms with Crippen molar-refractivity contribution in [3.05, 3.63) is 0 Å². The van der Waals surface area contributed by atoms with Crippen LogP contribution in [0.25, 0.3) is 0 Å². The molecule has 1 N–H and O–H groups in total. The van der Waals surface area contributed by atoms with Crippen molar-refractivity contribution in [3.63, 3.8) is 0 Å². The monoisotopic (exact) mass is 635 g/mol. The van der Waals surface area contributed by atoms with E-state index in [0.29, 0.717) is 53.3 Å². The van der Waals surface area contributed by atoms with Gasteiger partial charge in [-0.3, -0.25) is 0 Å². The molecule has 0 aliphatic heterocycles. The molecule has 4 fully saturated rings. The van der Waals surface area contributed by atoms with Gasteiger partial charge >= 0.3 is 0 Å². The summed E-state index contributed by atoms with van der Waals surface area (Å²) in [5.41, 5.74) is 0.809. The lowest BCUT2D eigenvalue weighted by Gasteiger charge is -2.66. The van der Waals surface area contributed by atoms with Crippen LogP contribution in [-0.2, 0) is 8.85 Å². The van der Waals surface area contributed by atoms with Crippen LogP contribution in [0.3, 0.4) is 0 Å². The minimum absolute atomic E-state index is 0.219. The second-order valence-electron chi connectivity index (χ2n) is 19.7. The van der Waals surface area contributed by atoms with E-state index in [-0.39, 0.29) is 10.1 Å². The van der Waals surface area contributed by atoms with Crippen LogP contribution in [0.1, 0.15) is 133 Å². The fraction of sp³-hybridized carbons (Fsp3) is 1.00. The lowest BCUT2D eigenvalue weighted by molar-refractivity contribution is -0.198. The maximum absolute atomic E-state index is 9.61. The Bertz CT molecular complexity index is 950. The van der Waals surface area contributed by atoms with E-state index in [1.807, 2.05) is 0 Å². The molecule has 4 aliphatic rings. The highest BCUT2D eigenvalue weighted by atomic mass is 28.4. The number of aliphatic hydroxyl groups excluding tert-OH is 1. The quantitative estimate of drug-likeness (QED) is 0.256. The fourth-order valence-electron chi connectivity index (χ4n) is 10.9. The van der Waals surface area contributed by atoms with E-state index in [2.05, 4.69) is 95.4 Å². The van der Waals surface area contributed by atoms with Gasteiger partial charge in [-0.15, -0.1) is 0 Å². The van der Waals surface area contributed by atoms with E-state index < -0.39 is 16.6 Å². The Morgan fingerprint density at radius 2 is 1.35 bits per heavy atom. The second kappa shape index (κ2) is 12.4. The van der Waals surface area contributed by atoms with Crippen LogP contribution in [0.4, 0.5) is 0 Å². The fourth-order valence-corrected chi connectivity index (χ4v) is 13.6. The third-order valence-corrected chi connectivity index (χ3v) is 24.4. The zero-order valence-corrected chi connectivity index (χ0v) is 33.2. The Hall–Kier alpha value is 0.314. The van der Waals surface area contributed by atoms with Gasteiger partial charge in [0.15, 0.2) is 16.6 Å². The average molecular weight is 635 g/mol. The molecule has 5 heteroatoms. The van der Waals surface area contributed by atoms with Gasteiger partial charge < -0.3 is 14.0 Å². The van der Waals surface area contributed by atoms with Crippen molar-refractivity contribution in [2.24, 2.45) is 52.3 Å². The number of hydrogen-bond donors (Lipinski definition) is 1. The van der Waals surface area contributed by atoms with Gasteiger partial charge in [0.05, 0.1) is 6.10 Å². The molecule has 4 saturated carbocycles. The first-order valence-electron chi connectivity index (χ1n) is 18.6. The van der Waals surface area contributed by atoms with Crippen LogP contribution in [0.5, 0.6) is 0 Å². The van der Waals surface area contributed by atoms with Gasteiger partial charge in [-0.1, -0.05) is 75.7 Å². The molecule has 11 atom stereocenters. The molecular formula is C38H74O3Si2. The van der Waals surface area contributed by atoms with E-state index in [0.717, 1.165) is 24.2 Å². The summed E-state index contributed by atoms with van der Waals surface area (Å²) in [7, 11) is -3.78. The molecule has 0 aromatic heterocycles. The minimum Gasteiger partial charge on any atom is -0.414 e. The lowest BCUT2D eigenvalue weighted by Crippen LogP contribution is -2.65. The number of fused-ring (bicyclic) bond motifs is 5. The van der Waals surface area contributed by atoms with Crippen molar-refractivity contribution in [2.75, 3.05) is 6.61 Å². The molecule has 252 valence electrons. The maximum atomic E-state index is 9.61. The van der Waals surface area contributed by atoms with Crippen LogP contribution < -0.4 is 0 Å². The van der Waals surface area contributed by atoms with Crippen molar-refractivity contribution in [1.29, 1.82) is 0 Å². The van der Waals surface area contributed by atoms with Crippen LogP contribution in [-0.4, -0.2) is 40.6 Å². The van der Waals surface area contributed by atoms with E-state index >= 15 is 0 Å². The predicted molar refractivity (Wildman–Crippen MR) is 189 cm³/mol. The molecule has 0 spiro atoms. The van der Waals surface area contributed by atoms with Gasteiger partial charge in [-0.2, -0.15) is 0 Å². The topological polar surface area (TPSA) is 38.7 Å². The van der Waals surface area contributed by atoms with Gasteiger partial charge in [0.1, 0.15) is 0 Å². The Labute approximate surface area is 270 Å². The molecule has 4 aliphatic carbocycles. The largest absolute Gasteiger partial charge is 0.414 e. The normalized spacial score (nSPS) is 41.4. The molecule has 4 rings (SSSR count). The Kier molecular flexibility index (Phi) is 10.4. The summed E-state index contributed by atoms with van der Waals surface area (Å²) in [5.74, 6) is 5.05. The smallest absolute Gasteiger partial charge is 0.192 e. The number of aliphatic hydroxyl groups is 1. The van der Waals surface area contributed by atoms with E-state index in [1.165, 1.54) is 57.8 Å². The Morgan fingerprint density at radius 1 is 0.791 bits per heavy atom. The van der Waals surface area contributed by atoms with Crippen LogP contribution in [0, 0.1) is 52.3 Å². The van der Waals surface area contributed by atoms with Crippen molar-refractivity contribution in [1.82, 2.24) is 0 Å². The summed E-state index contributed by atoms with van der Waals surface area (Å²) in [6.45, 7) is 35.2. The molecule has 0 radical (unpaired) electrons. The summed E-state index contributed by atoms with van der Waals surface area (Å²) in [5, 5.41) is 10.1.